The van der Waals surface area contributed by atoms with Crippen molar-refractivity contribution in [1.29, 1.82) is 0 Å². The number of rotatable bonds is 10. The zero-order valence-corrected chi connectivity index (χ0v) is 21.1. The van der Waals surface area contributed by atoms with Gasteiger partial charge < -0.3 is 19.9 Å². The third-order valence-corrected chi connectivity index (χ3v) is 6.73. The molecule has 0 radical (unpaired) electrons. The minimum Gasteiger partial charge on any atom is -0.497 e. The van der Waals surface area contributed by atoms with Gasteiger partial charge in [-0.05, 0) is 62.2 Å². The Bertz CT molecular complexity index is 1070. The standard InChI is InChI=1S/C27H33N3O3S/c1-5-20(2)30(27(32)28-23-12-14-24(33-4)15-13-23)19-26(31)29(17-22-9-7-6-8-10-22)18-25-16-11-21(3)34-25/h6-16,20H,5,17-19H2,1-4H3,(H,28,32). The average Bonchev–Trinajstić information content (AvgIpc) is 3.27. The molecule has 180 valence electrons. The molecule has 0 spiro atoms. The van der Waals surface area contributed by atoms with Gasteiger partial charge in [0.05, 0.1) is 13.7 Å². The van der Waals surface area contributed by atoms with Crippen molar-refractivity contribution in [2.45, 2.75) is 46.3 Å². The minimum absolute atomic E-state index is 0.00812. The Labute approximate surface area is 206 Å². The third-order valence-electron chi connectivity index (χ3n) is 5.74. The summed E-state index contributed by atoms with van der Waals surface area (Å²) >= 11 is 1.69. The van der Waals surface area contributed by atoms with Crippen molar-refractivity contribution < 1.29 is 14.3 Å². The van der Waals surface area contributed by atoms with E-state index in [-0.39, 0.29) is 24.5 Å². The molecule has 3 amide bonds. The third kappa shape index (κ3) is 7.09. The molecule has 34 heavy (non-hydrogen) atoms. The Morgan fingerprint density at radius 2 is 1.71 bits per heavy atom. The zero-order chi connectivity index (χ0) is 24.5. The van der Waals surface area contributed by atoms with Crippen LogP contribution in [0.25, 0.3) is 0 Å². The Kier molecular flexibility index (Phi) is 9.10. The maximum atomic E-state index is 13.5. The number of carbonyl (C=O) groups excluding carboxylic acids is 2. The average molecular weight is 480 g/mol. The summed E-state index contributed by atoms with van der Waals surface area (Å²) in [4.78, 5) is 32.5. The quantitative estimate of drug-likeness (QED) is 0.392. The van der Waals surface area contributed by atoms with Crippen LogP contribution in [0.3, 0.4) is 0 Å². The van der Waals surface area contributed by atoms with E-state index in [2.05, 4.69) is 24.4 Å². The molecular weight excluding hydrogens is 446 g/mol. The lowest BCUT2D eigenvalue weighted by Gasteiger charge is -2.31. The van der Waals surface area contributed by atoms with E-state index in [0.717, 1.165) is 16.9 Å². The van der Waals surface area contributed by atoms with Crippen LogP contribution in [-0.4, -0.2) is 41.4 Å². The molecule has 1 aromatic heterocycles. The molecule has 0 aliphatic heterocycles. The SMILES string of the molecule is CCC(C)N(CC(=O)N(Cc1ccccc1)Cc1ccc(C)s1)C(=O)Nc1ccc(OC)cc1. The van der Waals surface area contributed by atoms with E-state index in [1.165, 1.54) is 4.88 Å². The monoisotopic (exact) mass is 479 g/mol. The fourth-order valence-electron chi connectivity index (χ4n) is 3.56. The van der Waals surface area contributed by atoms with E-state index < -0.39 is 0 Å². The number of nitrogens with one attached hydrogen (secondary N) is 1. The van der Waals surface area contributed by atoms with Gasteiger partial charge in [0.25, 0.3) is 0 Å². The summed E-state index contributed by atoms with van der Waals surface area (Å²) in [7, 11) is 1.60. The first-order chi connectivity index (χ1) is 16.4. The van der Waals surface area contributed by atoms with E-state index in [1.54, 1.807) is 47.6 Å². The van der Waals surface area contributed by atoms with Crippen LogP contribution in [0.4, 0.5) is 10.5 Å². The van der Waals surface area contributed by atoms with Crippen LogP contribution in [0, 0.1) is 6.92 Å². The molecule has 3 rings (SSSR count). The van der Waals surface area contributed by atoms with Gasteiger partial charge in [0, 0.05) is 28.0 Å². The van der Waals surface area contributed by atoms with Crippen molar-refractivity contribution in [1.82, 2.24) is 9.80 Å². The second-order valence-corrected chi connectivity index (χ2v) is 9.66. The Morgan fingerprint density at radius 1 is 1.00 bits per heavy atom. The first kappa shape index (κ1) is 25.3. The van der Waals surface area contributed by atoms with E-state index >= 15 is 0 Å². The van der Waals surface area contributed by atoms with Crippen LogP contribution in [-0.2, 0) is 17.9 Å². The topological polar surface area (TPSA) is 61.9 Å². The highest BCUT2D eigenvalue weighted by atomic mass is 32.1. The highest BCUT2D eigenvalue weighted by molar-refractivity contribution is 7.11. The van der Waals surface area contributed by atoms with E-state index in [1.807, 2.05) is 49.1 Å². The van der Waals surface area contributed by atoms with Gasteiger partial charge in [0.15, 0.2) is 0 Å². The fourth-order valence-corrected chi connectivity index (χ4v) is 4.46. The number of urea groups is 1. The molecule has 0 aliphatic carbocycles. The molecule has 7 heteroatoms. The Balaban J connectivity index is 1.76. The van der Waals surface area contributed by atoms with Crippen LogP contribution in [0.5, 0.6) is 5.75 Å². The van der Waals surface area contributed by atoms with E-state index in [4.69, 9.17) is 4.74 Å². The van der Waals surface area contributed by atoms with Gasteiger partial charge in [-0.15, -0.1) is 11.3 Å². The number of carbonyl (C=O) groups is 2. The second-order valence-electron chi connectivity index (χ2n) is 8.29. The van der Waals surface area contributed by atoms with Crippen molar-refractivity contribution in [2.24, 2.45) is 0 Å². The summed E-state index contributed by atoms with van der Waals surface area (Å²) in [5.41, 5.74) is 1.71. The number of hydrogen-bond donors (Lipinski definition) is 1. The van der Waals surface area contributed by atoms with Gasteiger partial charge in [0.2, 0.25) is 5.91 Å². The highest BCUT2D eigenvalue weighted by Gasteiger charge is 2.25. The second kappa shape index (κ2) is 12.2. The number of amides is 3. The predicted octanol–water partition coefficient (Wildman–Crippen LogP) is 5.93. The first-order valence-electron chi connectivity index (χ1n) is 11.5. The molecular formula is C27H33N3O3S. The van der Waals surface area contributed by atoms with Crippen molar-refractivity contribution >= 4 is 29.0 Å². The molecule has 0 fully saturated rings. The van der Waals surface area contributed by atoms with Crippen molar-refractivity contribution in [3.05, 3.63) is 82.0 Å². The lowest BCUT2D eigenvalue weighted by Crippen LogP contribution is -2.47. The van der Waals surface area contributed by atoms with Gasteiger partial charge in [-0.3, -0.25) is 4.79 Å². The van der Waals surface area contributed by atoms with Crippen LogP contribution in [0.1, 0.15) is 35.6 Å². The number of hydrogen-bond acceptors (Lipinski definition) is 4. The van der Waals surface area contributed by atoms with Crippen molar-refractivity contribution in [3.63, 3.8) is 0 Å². The Hall–Kier alpha value is -3.32. The van der Waals surface area contributed by atoms with Crippen LogP contribution >= 0.6 is 11.3 Å². The van der Waals surface area contributed by atoms with E-state index in [0.29, 0.717) is 24.5 Å². The van der Waals surface area contributed by atoms with Gasteiger partial charge in [0.1, 0.15) is 12.3 Å². The molecule has 1 unspecified atom stereocenters. The molecule has 6 nitrogen and oxygen atoms in total. The molecule has 0 bridgehead atoms. The number of anilines is 1. The molecule has 0 saturated heterocycles. The summed E-state index contributed by atoms with van der Waals surface area (Å²) in [5.74, 6) is 0.632. The van der Waals surface area contributed by atoms with Crippen LogP contribution < -0.4 is 10.1 Å². The smallest absolute Gasteiger partial charge is 0.322 e. The van der Waals surface area contributed by atoms with Crippen molar-refractivity contribution in [3.8, 4) is 5.75 Å². The number of benzene rings is 2. The number of ether oxygens (including phenoxy) is 1. The maximum Gasteiger partial charge on any atom is 0.322 e. The molecule has 0 aliphatic rings. The van der Waals surface area contributed by atoms with Gasteiger partial charge >= 0.3 is 6.03 Å². The lowest BCUT2D eigenvalue weighted by molar-refractivity contribution is -0.133. The van der Waals surface area contributed by atoms with Gasteiger partial charge in [-0.2, -0.15) is 0 Å². The number of thiophene rings is 1. The largest absolute Gasteiger partial charge is 0.497 e. The summed E-state index contributed by atoms with van der Waals surface area (Å²) in [6.07, 6.45) is 0.742. The van der Waals surface area contributed by atoms with E-state index in [9.17, 15) is 9.59 Å². The molecule has 3 aromatic rings. The normalized spacial score (nSPS) is 11.5. The summed E-state index contributed by atoms with van der Waals surface area (Å²) in [6.45, 7) is 7.05. The van der Waals surface area contributed by atoms with Gasteiger partial charge in [-0.1, -0.05) is 37.3 Å². The lowest BCUT2D eigenvalue weighted by atomic mass is 10.2. The fraction of sp³-hybridized carbons (Fsp3) is 0.333. The van der Waals surface area contributed by atoms with Crippen LogP contribution in [0.15, 0.2) is 66.7 Å². The van der Waals surface area contributed by atoms with Gasteiger partial charge in [-0.25, -0.2) is 4.79 Å². The molecule has 2 aromatic carbocycles. The minimum atomic E-state index is -0.292. The zero-order valence-electron chi connectivity index (χ0n) is 20.3. The maximum absolute atomic E-state index is 13.5. The summed E-state index contributed by atoms with van der Waals surface area (Å²) in [6, 6.07) is 20.8. The number of methoxy groups -OCH3 is 1. The number of nitrogens with zero attached hydrogens (tertiary/aromatic N) is 2. The number of aryl methyl sites for hydroxylation is 1. The summed E-state index contributed by atoms with van der Waals surface area (Å²) in [5, 5.41) is 2.92. The van der Waals surface area contributed by atoms with Crippen molar-refractivity contribution in [2.75, 3.05) is 19.0 Å². The summed E-state index contributed by atoms with van der Waals surface area (Å²) < 4.78 is 5.18. The first-order valence-corrected chi connectivity index (χ1v) is 12.3. The molecule has 1 heterocycles. The Morgan fingerprint density at radius 3 is 2.29 bits per heavy atom. The predicted molar refractivity (Wildman–Crippen MR) is 138 cm³/mol. The highest BCUT2D eigenvalue weighted by Crippen LogP contribution is 2.20. The van der Waals surface area contributed by atoms with Crippen LogP contribution in [0.2, 0.25) is 0 Å². The molecule has 1 atom stereocenters. The molecule has 1 N–H and O–H groups in total. The molecule has 0 saturated carbocycles.